The predicted octanol–water partition coefficient (Wildman–Crippen LogP) is 5.20. The van der Waals surface area contributed by atoms with E-state index >= 15 is 0 Å². The fraction of sp³-hybridized carbons (Fsp3) is 0.346. The van der Waals surface area contributed by atoms with Crippen LogP contribution in [0.2, 0.25) is 5.02 Å². The van der Waals surface area contributed by atoms with E-state index in [-0.39, 0.29) is 22.6 Å². The zero-order valence-electron chi connectivity index (χ0n) is 20.6. The van der Waals surface area contributed by atoms with Crippen molar-refractivity contribution in [1.82, 2.24) is 15.3 Å². The van der Waals surface area contributed by atoms with Crippen LogP contribution in [0.15, 0.2) is 56.7 Å². The molecule has 1 unspecified atom stereocenters. The number of thiazole rings is 1. The summed E-state index contributed by atoms with van der Waals surface area (Å²) in [4.78, 5) is 38.4. The van der Waals surface area contributed by atoms with Crippen LogP contribution in [0.4, 0.5) is 4.39 Å². The quantitative estimate of drug-likeness (QED) is 0.410. The van der Waals surface area contributed by atoms with Gasteiger partial charge in [-0.15, -0.1) is 11.3 Å². The lowest BCUT2D eigenvalue weighted by atomic mass is 9.78. The molecule has 198 valence electrons. The van der Waals surface area contributed by atoms with Crippen LogP contribution in [-0.4, -0.2) is 42.0 Å². The molecule has 0 amide bonds. The molecule has 1 aliphatic carbocycles. The number of ether oxygens (including phenoxy) is 2. The fourth-order valence-electron chi connectivity index (χ4n) is 4.92. The van der Waals surface area contributed by atoms with E-state index in [0.29, 0.717) is 46.4 Å². The van der Waals surface area contributed by atoms with Gasteiger partial charge in [-0.2, -0.15) is 0 Å². The van der Waals surface area contributed by atoms with Crippen molar-refractivity contribution in [3.8, 4) is 0 Å². The van der Waals surface area contributed by atoms with Gasteiger partial charge in [0.1, 0.15) is 18.1 Å². The maximum atomic E-state index is 13.9. The molecule has 1 fully saturated rings. The summed E-state index contributed by atoms with van der Waals surface area (Å²) in [6.07, 6.45) is 5.83. The number of benzene rings is 1. The molecule has 1 saturated carbocycles. The smallest absolute Gasteiger partial charge is 0.360 e. The summed E-state index contributed by atoms with van der Waals surface area (Å²) in [6.45, 7) is 0. The Labute approximate surface area is 226 Å². The van der Waals surface area contributed by atoms with E-state index in [0.717, 1.165) is 12.8 Å². The Balaban J connectivity index is 1.49. The van der Waals surface area contributed by atoms with E-state index in [1.807, 2.05) is 5.38 Å². The Morgan fingerprint density at radius 1 is 1.13 bits per heavy atom. The minimum Gasteiger partial charge on any atom is -0.466 e. The third-order valence-electron chi connectivity index (χ3n) is 6.77. The summed E-state index contributed by atoms with van der Waals surface area (Å²) < 4.78 is 29.3. The van der Waals surface area contributed by atoms with E-state index in [1.54, 1.807) is 6.20 Å². The van der Waals surface area contributed by atoms with Gasteiger partial charge >= 0.3 is 11.9 Å². The van der Waals surface area contributed by atoms with Crippen molar-refractivity contribution >= 4 is 40.7 Å². The Kier molecular flexibility index (Phi) is 7.57. The van der Waals surface area contributed by atoms with Crippen LogP contribution in [0.5, 0.6) is 0 Å². The molecular formula is C26H24ClFN4O5S. The molecule has 1 atom stereocenters. The first-order valence-electron chi connectivity index (χ1n) is 11.9. The second-order valence-electron chi connectivity index (χ2n) is 8.94. The Hall–Kier alpha value is -3.57. The van der Waals surface area contributed by atoms with Gasteiger partial charge in [0.2, 0.25) is 0 Å². The Morgan fingerprint density at radius 3 is 2.53 bits per heavy atom. The third-order valence-corrected chi connectivity index (χ3v) is 7.88. The van der Waals surface area contributed by atoms with Crippen molar-refractivity contribution in [2.24, 2.45) is 10.9 Å². The SMILES string of the molecule is COC(=O)C1=C(C2CCC(c3nc(C(=O)OC)co3)CC2)NC(c2nccs2)=NC1c1ccc(F)cc1Cl. The first kappa shape index (κ1) is 26.1. The van der Waals surface area contributed by atoms with Gasteiger partial charge in [0, 0.05) is 33.8 Å². The molecule has 1 aliphatic heterocycles. The standard InChI is InChI=1S/C26H24ClFN4O5S/c1-35-25(33)18-12-37-23(30-18)14-5-3-13(4-6-14)20-19(26(34)36-2)21(16-8-7-15(28)11-17(16)27)32-22(31-20)24-29-9-10-38-24/h7-14,21H,3-6H2,1-2H3,(H,31,32). The Morgan fingerprint density at radius 2 is 1.87 bits per heavy atom. The predicted molar refractivity (Wildman–Crippen MR) is 138 cm³/mol. The van der Waals surface area contributed by atoms with Crippen LogP contribution >= 0.6 is 22.9 Å². The molecule has 1 N–H and O–H groups in total. The molecule has 0 saturated heterocycles. The van der Waals surface area contributed by atoms with Crippen molar-refractivity contribution in [2.45, 2.75) is 37.6 Å². The zero-order chi connectivity index (χ0) is 26.8. The summed E-state index contributed by atoms with van der Waals surface area (Å²) in [5.41, 5.74) is 1.64. The van der Waals surface area contributed by atoms with Gasteiger partial charge in [-0.1, -0.05) is 17.7 Å². The van der Waals surface area contributed by atoms with Crippen LogP contribution in [0.1, 0.15) is 64.6 Å². The van der Waals surface area contributed by atoms with Gasteiger partial charge in [-0.25, -0.2) is 23.9 Å². The minimum absolute atomic E-state index is 0.0184. The van der Waals surface area contributed by atoms with Gasteiger partial charge < -0.3 is 19.2 Å². The zero-order valence-corrected chi connectivity index (χ0v) is 22.1. The largest absolute Gasteiger partial charge is 0.466 e. The normalized spacial score (nSPS) is 21.5. The molecule has 1 aromatic carbocycles. The van der Waals surface area contributed by atoms with Crippen molar-refractivity contribution in [2.75, 3.05) is 14.2 Å². The molecule has 9 nitrogen and oxygen atoms in total. The molecule has 12 heteroatoms. The molecule has 0 bridgehead atoms. The topological polar surface area (TPSA) is 116 Å². The number of carbonyl (C=O) groups excluding carboxylic acids is 2. The third kappa shape index (κ3) is 5.08. The van der Waals surface area contributed by atoms with E-state index < -0.39 is 23.8 Å². The maximum absolute atomic E-state index is 13.9. The lowest BCUT2D eigenvalue weighted by Gasteiger charge is -2.34. The highest BCUT2D eigenvalue weighted by Crippen LogP contribution is 2.43. The molecule has 5 rings (SSSR count). The van der Waals surface area contributed by atoms with Gasteiger partial charge in [0.05, 0.1) is 19.8 Å². The number of methoxy groups -OCH3 is 2. The number of nitrogens with one attached hydrogen (secondary N) is 1. The molecule has 3 heterocycles. The van der Waals surface area contributed by atoms with Crippen molar-refractivity contribution in [3.63, 3.8) is 0 Å². The monoisotopic (exact) mass is 558 g/mol. The van der Waals surface area contributed by atoms with Crippen LogP contribution < -0.4 is 5.32 Å². The van der Waals surface area contributed by atoms with E-state index in [4.69, 9.17) is 30.5 Å². The highest BCUT2D eigenvalue weighted by molar-refractivity contribution is 7.11. The van der Waals surface area contributed by atoms with E-state index in [2.05, 4.69) is 15.3 Å². The number of allylic oxidation sites excluding steroid dienone is 1. The molecule has 0 spiro atoms. The molecule has 3 aromatic rings. The van der Waals surface area contributed by atoms with Gasteiger partial charge in [0.25, 0.3) is 0 Å². The molecule has 0 radical (unpaired) electrons. The average Bonchev–Trinajstić information content (AvgIpc) is 3.65. The first-order valence-corrected chi connectivity index (χ1v) is 13.2. The number of carbonyl (C=O) groups is 2. The number of aliphatic imine (C=N–C) groups is 1. The lowest BCUT2D eigenvalue weighted by Crippen LogP contribution is -2.37. The summed E-state index contributed by atoms with van der Waals surface area (Å²) in [7, 11) is 2.61. The molecular weight excluding hydrogens is 535 g/mol. The second kappa shape index (κ2) is 11.0. The number of oxazole rings is 1. The lowest BCUT2D eigenvalue weighted by molar-refractivity contribution is -0.136. The first-order chi connectivity index (χ1) is 18.4. The highest BCUT2D eigenvalue weighted by Gasteiger charge is 2.38. The maximum Gasteiger partial charge on any atom is 0.360 e. The summed E-state index contributed by atoms with van der Waals surface area (Å²) in [5, 5.41) is 6.01. The molecule has 2 aliphatic rings. The van der Waals surface area contributed by atoms with Gasteiger partial charge in [-0.05, 0) is 43.7 Å². The van der Waals surface area contributed by atoms with E-state index in [9.17, 15) is 14.0 Å². The van der Waals surface area contributed by atoms with Crippen molar-refractivity contribution < 1.29 is 27.9 Å². The van der Waals surface area contributed by atoms with Crippen LogP contribution in [0.25, 0.3) is 0 Å². The highest BCUT2D eigenvalue weighted by atomic mass is 35.5. The number of amidine groups is 1. The number of hydrogen-bond acceptors (Lipinski definition) is 10. The van der Waals surface area contributed by atoms with Crippen molar-refractivity contribution in [1.29, 1.82) is 0 Å². The number of rotatable bonds is 6. The van der Waals surface area contributed by atoms with Gasteiger partial charge in [0.15, 0.2) is 22.4 Å². The summed E-state index contributed by atoms with van der Waals surface area (Å²) in [6, 6.07) is 3.23. The minimum atomic E-state index is -0.808. The second-order valence-corrected chi connectivity index (χ2v) is 10.2. The Bertz CT molecular complexity index is 1410. The van der Waals surface area contributed by atoms with Crippen LogP contribution in [0.3, 0.4) is 0 Å². The average molecular weight is 559 g/mol. The number of halogens is 2. The number of hydrogen-bond donors (Lipinski definition) is 1. The van der Waals surface area contributed by atoms with Crippen molar-refractivity contribution in [3.05, 3.63) is 80.3 Å². The molecule has 2 aromatic heterocycles. The number of esters is 2. The summed E-state index contributed by atoms with van der Waals surface area (Å²) >= 11 is 7.84. The fourth-order valence-corrected chi connectivity index (χ4v) is 5.78. The van der Waals surface area contributed by atoms with Crippen LogP contribution in [0, 0.1) is 11.7 Å². The summed E-state index contributed by atoms with van der Waals surface area (Å²) in [5.74, 6) is -0.604. The van der Waals surface area contributed by atoms with Crippen LogP contribution in [-0.2, 0) is 14.3 Å². The number of aromatic nitrogens is 2. The van der Waals surface area contributed by atoms with E-state index in [1.165, 1.54) is 50.0 Å². The number of nitrogens with zero attached hydrogens (tertiary/aromatic N) is 3. The molecule has 38 heavy (non-hydrogen) atoms. The van der Waals surface area contributed by atoms with Gasteiger partial charge in [-0.3, -0.25) is 4.99 Å².